The predicted molar refractivity (Wildman–Crippen MR) is 71.5 cm³/mol. The van der Waals surface area contributed by atoms with Gasteiger partial charge in [0.1, 0.15) is 0 Å². The van der Waals surface area contributed by atoms with Crippen molar-refractivity contribution in [3.63, 3.8) is 0 Å². The first-order valence-electron chi connectivity index (χ1n) is 5.57. The number of hydrogen-bond donors (Lipinski definition) is 2. The van der Waals surface area contributed by atoms with Crippen LogP contribution in [0, 0.1) is 0 Å². The van der Waals surface area contributed by atoms with E-state index in [2.05, 4.69) is 0 Å². The molecule has 3 N–H and O–H groups in total. The molecule has 2 nitrogen and oxygen atoms in total. The highest BCUT2D eigenvalue weighted by Crippen LogP contribution is 2.33. The summed E-state index contributed by atoms with van der Waals surface area (Å²) in [5, 5.41) is 9.66. The van der Waals surface area contributed by atoms with Crippen molar-refractivity contribution in [2.75, 3.05) is 0 Å². The van der Waals surface area contributed by atoms with Crippen LogP contribution < -0.4 is 5.73 Å². The van der Waals surface area contributed by atoms with Gasteiger partial charge in [-0.25, -0.2) is 0 Å². The molecule has 0 spiro atoms. The molecule has 0 saturated carbocycles. The summed E-state index contributed by atoms with van der Waals surface area (Å²) >= 11 is 5.64. The summed E-state index contributed by atoms with van der Waals surface area (Å²) in [7, 11) is 0. The van der Waals surface area contributed by atoms with Crippen LogP contribution in [0.25, 0.3) is 0 Å². The predicted octanol–water partition coefficient (Wildman–Crippen LogP) is 3.94. The second kappa shape index (κ2) is 7.33. The fourth-order valence-corrected chi connectivity index (χ4v) is 1.91. The highest BCUT2D eigenvalue weighted by atomic mass is 35.5. The summed E-state index contributed by atoms with van der Waals surface area (Å²) in [6.45, 7) is 1.86. The van der Waals surface area contributed by atoms with E-state index in [4.69, 9.17) is 17.3 Å². The molecular weight excluding hydrogens is 302 g/mol. The maximum absolute atomic E-state index is 12.6. The van der Waals surface area contributed by atoms with Crippen molar-refractivity contribution < 1.29 is 18.3 Å². The fourth-order valence-electron chi connectivity index (χ4n) is 1.67. The molecule has 0 saturated heterocycles. The van der Waals surface area contributed by atoms with Gasteiger partial charge in [0.05, 0.1) is 17.7 Å². The van der Waals surface area contributed by atoms with E-state index < -0.39 is 23.9 Å². The molecule has 0 heterocycles. The van der Waals surface area contributed by atoms with Crippen molar-refractivity contribution in [3.05, 3.63) is 34.3 Å². The maximum Gasteiger partial charge on any atom is 0.416 e. The molecule has 0 aliphatic rings. The Hall–Kier alpha value is -0.490. The molecule has 0 amide bonds. The third kappa shape index (κ3) is 5.18. The molecule has 19 heavy (non-hydrogen) atoms. The van der Waals surface area contributed by atoms with Crippen LogP contribution in [-0.2, 0) is 6.18 Å². The van der Waals surface area contributed by atoms with Crippen LogP contribution in [0.3, 0.4) is 0 Å². The van der Waals surface area contributed by atoms with Crippen molar-refractivity contribution >= 4 is 24.0 Å². The molecule has 0 radical (unpaired) electrons. The molecule has 0 aliphatic heterocycles. The second-order valence-corrected chi connectivity index (χ2v) is 4.59. The van der Waals surface area contributed by atoms with E-state index >= 15 is 0 Å². The molecule has 1 aromatic rings. The van der Waals surface area contributed by atoms with E-state index in [0.29, 0.717) is 12.8 Å². The van der Waals surface area contributed by atoms with Gasteiger partial charge in [0, 0.05) is 5.02 Å². The first-order chi connectivity index (χ1) is 8.25. The molecule has 1 aromatic carbocycles. The zero-order valence-electron chi connectivity index (χ0n) is 10.2. The standard InChI is InChI=1S/C12H15ClF3NO.ClH/c1-2-3-10(18)11(17)7-4-8(12(14,15)16)6-9(13)5-7;/h4-6,10-11,18H,2-3,17H2,1H3;1H/t10-,11+;/m0./s1. The number of nitrogens with two attached hydrogens (primary N) is 1. The normalized spacial score (nSPS) is 14.7. The zero-order valence-corrected chi connectivity index (χ0v) is 11.8. The summed E-state index contributed by atoms with van der Waals surface area (Å²) in [5.41, 5.74) is 5.06. The highest BCUT2D eigenvalue weighted by Gasteiger charge is 2.32. The van der Waals surface area contributed by atoms with Crippen LogP contribution in [0.15, 0.2) is 18.2 Å². The van der Waals surface area contributed by atoms with Crippen LogP contribution >= 0.6 is 24.0 Å². The Bertz CT molecular complexity index is 412. The lowest BCUT2D eigenvalue weighted by atomic mass is 9.97. The highest BCUT2D eigenvalue weighted by molar-refractivity contribution is 6.30. The maximum atomic E-state index is 12.6. The van der Waals surface area contributed by atoms with Gasteiger partial charge in [0.25, 0.3) is 0 Å². The Balaban J connectivity index is 0.00000324. The molecule has 7 heteroatoms. The van der Waals surface area contributed by atoms with Gasteiger partial charge >= 0.3 is 6.18 Å². The minimum atomic E-state index is -4.48. The second-order valence-electron chi connectivity index (χ2n) is 4.15. The van der Waals surface area contributed by atoms with Gasteiger partial charge in [-0.05, 0) is 30.2 Å². The van der Waals surface area contributed by atoms with Crippen molar-refractivity contribution in [1.29, 1.82) is 0 Å². The van der Waals surface area contributed by atoms with E-state index in [9.17, 15) is 18.3 Å². The summed E-state index contributed by atoms with van der Waals surface area (Å²) in [6, 6.07) is 2.24. The number of benzene rings is 1. The lowest BCUT2D eigenvalue weighted by Crippen LogP contribution is -2.26. The minimum Gasteiger partial charge on any atom is -0.391 e. The number of aliphatic hydroxyl groups excluding tert-OH is 1. The van der Waals surface area contributed by atoms with Crippen LogP contribution in [0.5, 0.6) is 0 Å². The van der Waals surface area contributed by atoms with E-state index in [-0.39, 0.29) is 23.0 Å². The molecule has 0 aromatic heterocycles. The molecule has 2 atom stereocenters. The SMILES string of the molecule is CCC[C@H](O)[C@H](N)c1cc(Cl)cc(C(F)(F)F)c1.Cl. The molecule has 1 rings (SSSR count). The van der Waals surface area contributed by atoms with Gasteiger partial charge < -0.3 is 10.8 Å². The van der Waals surface area contributed by atoms with Gasteiger partial charge in [0.2, 0.25) is 0 Å². The van der Waals surface area contributed by atoms with Crippen molar-refractivity contribution in [1.82, 2.24) is 0 Å². The quantitative estimate of drug-likeness (QED) is 0.883. The summed E-state index contributed by atoms with van der Waals surface area (Å²) in [5.74, 6) is 0. The van der Waals surface area contributed by atoms with E-state index in [1.54, 1.807) is 0 Å². The van der Waals surface area contributed by atoms with Gasteiger partial charge in [0.15, 0.2) is 0 Å². The van der Waals surface area contributed by atoms with Crippen molar-refractivity contribution in [3.8, 4) is 0 Å². The van der Waals surface area contributed by atoms with E-state index in [1.165, 1.54) is 6.07 Å². The minimum absolute atomic E-state index is 0. The summed E-state index contributed by atoms with van der Waals surface area (Å²) < 4.78 is 37.8. The van der Waals surface area contributed by atoms with Gasteiger partial charge in [-0.2, -0.15) is 13.2 Å². The first kappa shape index (κ1) is 18.5. The summed E-state index contributed by atoms with van der Waals surface area (Å²) in [6.07, 6.45) is -4.24. The number of rotatable bonds is 4. The average molecular weight is 318 g/mol. The van der Waals surface area contributed by atoms with E-state index in [1.807, 2.05) is 6.92 Å². The molecule has 0 aliphatic carbocycles. The third-order valence-corrected chi connectivity index (χ3v) is 2.85. The lowest BCUT2D eigenvalue weighted by Gasteiger charge is -2.20. The number of alkyl halides is 3. The van der Waals surface area contributed by atoms with Crippen LogP contribution in [0.4, 0.5) is 13.2 Å². The third-order valence-electron chi connectivity index (χ3n) is 2.63. The molecule has 0 bridgehead atoms. The topological polar surface area (TPSA) is 46.2 Å². The number of halogens is 5. The smallest absolute Gasteiger partial charge is 0.391 e. The molecular formula is C12H16Cl2F3NO. The van der Waals surface area contributed by atoms with Crippen molar-refractivity contribution in [2.45, 2.75) is 38.1 Å². The fraction of sp³-hybridized carbons (Fsp3) is 0.500. The Morgan fingerprint density at radius 3 is 2.37 bits per heavy atom. The zero-order chi connectivity index (χ0) is 13.9. The molecule has 110 valence electrons. The lowest BCUT2D eigenvalue weighted by molar-refractivity contribution is -0.137. The van der Waals surface area contributed by atoms with Gasteiger partial charge in [-0.15, -0.1) is 12.4 Å². The number of aliphatic hydroxyl groups is 1. The van der Waals surface area contributed by atoms with Crippen LogP contribution in [-0.4, -0.2) is 11.2 Å². The van der Waals surface area contributed by atoms with Gasteiger partial charge in [-0.3, -0.25) is 0 Å². The first-order valence-corrected chi connectivity index (χ1v) is 5.94. The van der Waals surface area contributed by atoms with Crippen LogP contribution in [0.1, 0.15) is 36.9 Å². The Morgan fingerprint density at radius 2 is 1.89 bits per heavy atom. The average Bonchev–Trinajstić information content (AvgIpc) is 2.26. The Kier molecular flexibility index (Phi) is 7.15. The van der Waals surface area contributed by atoms with Gasteiger partial charge in [-0.1, -0.05) is 24.9 Å². The monoisotopic (exact) mass is 317 g/mol. The van der Waals surface area contributed by atoms with Crippen LogP contribution in [0.2, 0.25) is 5.02 Å². The van der Waals surface area contributed by atoms with Crippen molar-refractivity contribution in [2.24, 2.45) is 5.73 Å². The largest absolute Gasteiger partial charge is 0.416 e. The summed E-state index contributed by atoms with van der Waals surface area (Å²) in [4.78, 5) is 0. The number of hydrogen-bond acceptors (Lipinski definition) is 2. The molecule has 0 fully saturated rings. The van der Waals surface area contributed by atoms with E-state index in [0.717, 1.165) is 12.1 Å². The Morgan fingerprint density at radius 1 is 1.32 bits per heavy atom. The molecule has 0 unspecified atom stereocenters. The Labute approximate surface area is 121 Å².